The molecule has 0 bridgehead atoms. The second kappa shape index (κ2) is 4.47. The van der Waals surface area contributed by atoms with Gasteiger partial charge in [-0.2, -0.15) is 0 Å². The molecule has 0 radical (unpaired) electrons. The summed E-state index contributed by atoms with van der Waals surface area (Å²) in [4.78, 5) is 11.4. The van der Waals surface area contributed by atoms with Gasteiger partial charge in [-0.15, -0.1) is 10.2 Å². The van der Waals surface area contributed by atoms with Gasteiger partial charge in [0.15, 0.2) is 5.69 Å². The summed E-state index contributed by atoms with van der Waals surface area (Å²) in [5, 5.41) is 13.8. The molecule has 86 valence electrons. The van der Waals surface area contributed by atoms with Crippen molar-refractivity contribution in [2.75, 3.05) is 11.9 Å². The van der Waals surface area contributed by atoms with E-state index in [1.807, 2.05) is 6.92 Å². The summed E-state index contributed by atoms with van der Waals surface area (Å²) in [7, 11) is 0. The Bertz CT molecular complexity index is 376. The third-order valence-electron chi connectivity index (χ3n) is 2.68. The molecule has 1 aromatic heterocycles. The van der Waals surface area contributed by atoms with Gasteiger partial charge < -0.3 is 10.6 Å². The standard InChI is InChI=1S/C11H16N4O/c1-3-12-11(16)8-4-5-10(15-14-8)13-9-6-7(9)2/h4-5,7,9H,3,6H2,1-2H3,(H,12,16)(H,13,15). The molecule has 0 aromatic carbocycles. The lowest BCUT2D eigenvalue weighted by Gasteiger charge is -2.04. The highest BCUT2D eigenvalue weighted by molar-refractivity contribution is 5.92. The van der Waals surface area contributed by atoms with Gasteiger partial charge in [0.2, 0.25) is 0 Å². The van der Waals surface area contributed by atoms with Crippen molar-refractivity contribution < 1.29 is 4.79 Å². The number of aromatic nitrogens is 2. The van der Waals surface area contributed by atoms with Crippen LogP contribution < -0.4 is 10.6 Å². The highest BCUT2D eigenvalue weighted by atomic mass is 16.1. The van der Waals surface area contributed by atoms with Crippen molar-refractivity contribution in [3.05, 3.63) is 17.8 Å². The van der Waals surface area contributed by atoms with Gasteiger partial charge in [0.1, 0.15) is 5.82 Å². The van der Waals surface area contributed by atoms with Gasteiger partial charge >= 0.3 is 0 Å². The average molecular weight is 220 g/mol. The van der Waals surface area contributed by atoms with Crippen LogP contribution in [0.2, 0.25) is 0 Å². The van der Waals surface area contributed by atoms with Crippen molar-refractivity contribution in [1.29, 1.82) is 0 Å². The SMILES string of the molecule is CCNC(=O)c1ccc(NC2CC2C)nn1. The van der Waals surface area contributed by atoms with Crippen molar-refractivity contribution in [2.45, 2.75) is 26.3 Å². The summed E-state index contributed by atoms with van der Waals surface area (Å²) >= 11 is 0. The van der Waals surface area contributed by atoms with Crippen LogP contribution in [0.5, 0.6) is 0 Å². The molecule has 1 saturated carbocycles. The quantitative estimate of drug-likeness (QED) is 0.795. The zero-order valence-corrected chi connectivity index (χ0v) is 9.53. The Balaban J connectivity index is 1.96. The Morgan fingerprint density at radius 1 is 1.50 bits per heavy atom. The smallest absolute Gasteiger partial charge is 0.271 e. The van der Waals surface area contributed by atoms with Gasteiger partial charge in [0.05, 0.1) is 0 Å². The number of amides is 1. The zero-order chi connectivity index (χ0) is 11.5. The van der Waals surface area contributed by atoms with Gasteiger partial charge in [-0.3, -0.25) is 4.79 Å². The number of hydrogen-bond donors (Lipinski definition) is 2. The molecule has 1 amide bonds. The maximum Gasteiger partial charge on any atom is 0.271 e. The lowest BCUT2D eigenvalue weighted by molar-refractivity contribution is 0.0950. The van der Waals surface area contributed by atoms with Crippen molar-refractivity contribution in [3.8, 4) is 0 Å². The maximum atomic E-state index is 11.4. The van der Waals surface area contributed by atoms with E-state index in [2.05, 4.69) is 27.8 Å². The minimum Gasteiger partial charge on any atom is -0.366 e. The van der Waals surface area contributed by atoms with Gasteiger partial charge in [0.25, 0.3) is 5.91 Å². The number of nitrogens with zero attached hydrogens (tertiary/aromatic N) is 2. The molecule has 1 aromatic rings. The highest BCUT2D eigenvalue weighted by Gasteiger charge is 2.32. The van der Waals surface area contributed by atoms with Crippen LogP contribution in [0.25, 0.3) is 0 Å². The number of hydrogen-bond acceptors (Lipinski definition) is 4. The fraction of sp³-hybridized carbons (Fsp3) is 0.545. The molecule has 5 nitrogen and oxygen atoms in total. The fourth-order valence-corrected chi connectivity index (χ4v) is 1.49. The average Bonchev–Trinajstić information content (AvgIpc) is 2.95. The number of nitrogens with one attached hydrogen (secondary N) is 2. The van der Waals surface area contributed by atoms with Crippen LogP contribution in [-0.2, 0) is 0 Å². The van der Waals surface area contributed by atoms with E-state index in [1.54, 1.807) is 12.1 Å². The molecule has 0 aliphatic heterocycles. The first-order valence-electron chi connectivity index (χ1n) is 5.59. The Morgan fingerprint density at radius 3 is 2.75 bits per heavy atom. The van der Waals surface area contributed by atoms with Crippen LogP contribution in [0.4, 0.5) is 5.82 Å². The largest absolute Gasteiger partial charge is 0.366 e. The highest BCUT2D eigenvalue weighted by Crippen LogP contribution is 2.31. The monoisotopic (exact) mass is 220 g/mol. The number of rotatable bonds is 4. The molecule has 1 heterocycles. The van der Waals surface area contributed by atoms with Gasteiger partial charge in [0, 0.05) is 12.6 Å². The minimum atomic E-state index is -0.179. The molecule has 1 aliphatic carbocycles. The van der Waals surface area contributed by atoms with E-state index in [0.29, 0.717) is 24.2 Å². The maximum absolute atomic E-state index is 11.4. The Kier molecular flexibility index (Phi) is 3.03. The van der Waals surface area contributed by atoms with E-state index in [1.165, 1.54) is 6.42 Å². The van der Waals surface area contributed by atoms with Crippen LogP contribution in [0.3, 0.4) is 0 Å². The van der Waals surface area contributed by atoms with Crippen LogP contribution in [0, 0.1) is 5.92 Å². The first-order valence-corrected chi connectivity index (χ1v) is 5.59. The van der Waals surface area contributed by atoms with Crippen molar-refractivity contribution >= 4 is 11.7 Å². The molecule has 2 rings (SSSR count). The summed E-state index contributed by atoms with van der Waals surface area (Å²) in [5.74, 6) is 1.27. The summed E-state index contributed by atoms with van der Waals surface area (Å²) in [6, 6.07) is 4.00. The predicted octanol–water partition coefficient (Wildman–Crippen LogP) is 1.05. The topological polar surface area (TPSA) is 66.9 Å². The van der Waals surface area contributed by atoms with Crippen LogP contribution >= 0.6 is 0 Å². The van der Waals surface area contributed by atoms with E-state index >= 15 is 0 Å². The van der Waals surface area contributed by atoms with Crippen LogP contribution in [0.1, 0.15) is 30.8 Å². The molecule has 1 aliphatic rings. The zero-order valence-electron chi connectivity index (χ0n) is 9.53. The summed E-state index contributed by atoms with van der Waals surface area (Å²) in [6.07, 6.45) is 1.18. The van der Waals surface area contributed by atoms with E-state index in [-0.39, 0.29) is 5.91 Å². The number of carbonyl (C=O) groups is 1. The Hall–Kier alpha value is -1.65. The fourth-order valence-electron chi connectivity index (χ4n) is 1.49. The number of carbonyl (C=O) groups excluding carboxylic acids is 1. The third-order valence-corrected chi connectivity index (χ3v) is 2.68. The molecule has 0 saturated heterocycles. The second-order valence-electron chi connectivity index (χ2n) is 4.13. The minimum absolute atomic E-state index is 0.179. The van der Waals surface area contributed by atoms with Crippen molar-refractivity contribution in [3.63, 3.8) is 0 Å². The van der Waals surface area contributed by atoms with E-state index in [4.69, 9.17) is 0 Å². The molecule has 16 heavy (non-hydrogen) atoms. The Labute approximate surface area is 94.6 Å². The van der Waals surface area contributed by atoms with Crippen molar-refractivity contribution in [1.82, 2.24) is 15.5 Å². The first-order chi connectivity index (χ1) is 7.70. The predicted molar refractivity (Wildman–Crippen MR) is 61.2 cm³/mol. The first kappa shape index (κ1) is 10.9. The van der Waals surface area contributed by atoms with Gasteiger partial charge in [-0.25, -0.2) is 0 Å². The number of anilines is 1. The van der Waals surface area contributed by atoms with E-state index in [9.17, 15) is 4.79 Å². The van der Waals surface area contributed by atoms with Gasteiger partial charge in [-0.1, -0.05) is 6.92 Å². The lowest BCUT2D eigenvalue weighted by Crippen LogP contribution is -2.24. The van der Waals surface area contributed by atoms with E-state index < -0.39 is 0 Å². The van der Waals surface area contributed by atoms with Crippen molar-refractivity contribution in [2.24, 2.45) is 5.92 Å². The molecule has 2 N–H and O–H groups in total. The van der Waals surface area contributed by atoms with E-state index in [0.717, 1.165) is 5.82 Å². The normalized spacial score (nSPS) is 22.6. The second-order valence-corrected chi connectivity index (χ2v) is 4.13. The molecule has 5 heteroatoms. The summed E-state index contributed by atoms with van der Waals surface area (Å²) < 4.78 is 0. The molecular formula is C11H16N4O. The van der Waals surface area contributed by atoms with Gasteiger partial charge in [-0.05, 0) is 31.4 Å². The summed E-state index contributed by atoms with van der Waals surface area (Å²) in [6.45, 7) is 4.66. The molecule has 2 atom stereocenters. The molecule has 1 fully saturated rings. The third kappa shape index (κ3) is 2.48. The molecular weight excluding hydrogens is 204 g/mol. The molecule has 2 unspecified atom stereocenters. The summed E-state index contributed by atoms with van der Waals surface area (Å²) in [5.41, 5.74) is 0.358. The van der Waals surface area contributed by atoms with Crippen LogP contribution in [-0.4, -0.2) is 28.7 Å². The van der Waals surface area contributed by atoms with Crippen LogP contribution in [0.15, 0.2) is 12.1 Å². The molecule has 0 spiro atoms. The lowest BCUT2D eigenvalue weighted by atomic mass is 10.3. The Morgan fingerprint density at radius 2 is 2.25 bits per heavy atom.